The highest BCUT2D eigenvalue weighted by Gasteiger charge is 2.15. The Kier molecular flexibility index (Phi) is 5.27. The highest BCUT2D eigenvalue weighted by molar-refractivity contribution is 6.33. The van der Waals surface area contributed by atoms with Gasteiger partial charge in [-0.1, -0.05) is 23.2 Å². The van der Waals surface area contributed by atoms with E-state index in [0.29, 0.717) is 16.5 Å². The van der Waals surface area contributed by atoms with Gasteiger partial charge in [-0.25, -0.2) is 0 Å². The number of benzene rings is 1. The minimum atomic E-state index is -0.550. The van der Waals surface area contributed by atoms with Gasteiger partial charge in [-0.2, -0.15) is 0 Å². The standard InChI is InChI=1S/C13H18Cl2N2O/c14-10-1-2-12(15)11(9-10)13(18)3-6-17-7-4-16-5-8-17/h1-2,9,13,16,18H,3-8H2. The van der Waals surface area contributed by atoms with E-state index in [0.717, 1.165) is 38.3 Å². The van der Waals surface area contributed by atoms with Gasteiger partial charge in [-0.3, -0.25) is 0 Å². The molecule has 1 aliphatic rings. The van der Waals surface area contributed by atoms with E-state index < -0.39 is 6.10 Å². The Hall–Kier alpha value is -0.320. The van der Waals surface area contributed by atoms with Crippen LogP contribution in [0.15, 0.2) is 18.2 Å². The largest absolute Gasteiger partial charge is 0.388 e. The van der Waals surface area contributed by atoms with E-state index in [4.69, 9.17) is 23.2 Å². The van der Waals surface area contributed by atoms with Gasteiger partial charge >= 0.3 is 0 Å². The number of aliphatic hydroxyl groups excluding tert-OH is 1. The van der Waals surface area contributed by atoms with Crippen molar-refractivity contribution < 1.29 is 5.11 Å². The molecule has 0 radical (unpaired) electrons. The molecule has 2 N–H and O–H groups in total. The Labute approximate surface area is 118 Å². The number of hydrogen-bond donors (Lipinski definition) is 2. The maximum atomic E-state index is 10.2. The molecular weight excluding hydrogens is 271 g/mol. The summed E-state index contributed by atoms with van der Waals surface area (Å²) < 4.78 is 0. The van der Waals surface area contributed by atoms with Crippen LogP contribution in [0.25, 0.3) is 0 Å². The SMILES string of the molecule is OC(CCN1CCNCC1)c1cc(Cl)ccc1Cl. The Morgan fingerprint density at radius 3 is 2.72 bits per heavy atom. The van der Waals surface area contributed by atoms with Crippen molar-refractivity contribution in [2.24, 2.45) is 0 Å². The van der Waals surface area contributed by atoms with Gasteiger partial charge in [0.05, 0.1) is 6.10 Å². The number of hydrogen-bond acceptors (Lipinski definition) is 3. The Morgan fingerprint density at radius 2 is 2.00 bits per heavy atom. The van der Waals surface area contributed by atoms with Gasteiger partial charge in [0.2, 0.25) is 0 Å². The van der Waals surface area contributed by atoms with Crippen LogP contribution in [0, 0.1) is 0 Å². The molecule has 0 bridgehead atoms. The molecule has 0 aliphatic carbocycles. The second-order valence-corrected chi connectivity index (χ2v) is 5.41. The molecule has 3 nitrogen and oxygen atoms in total. The average molecular weight is 289 g/mol. The van der Waals surface area contributed by atoms with Crippen LogP contribution in [-0.4, -0.2) is 42.7 Å². The van der Waals surface area contributed by atoms with E-state index in [-0.39, 0.29) is 0 Å². The van der Waals surface area contributed by atoms with Crippen molar-refractivity contribution in [3.05, 3.63) is 33.8 Å². The summed E-state index contributed by atoms with van der Waals surface area (Å²) >= 11 is 12.0. The Morgan fingerprint density at radius 1 is 1.28 bits per heavy atom. The van der Waals surface area contributed by atoms with Crippen molar-refractivity contribution in [2.45, 2.75) is 12.5 Å². The quantitative estimate of drug-likeness (QED) is 0.893. The zero-order valence-electron chi connectivity index (χ0n) is 10.2. The third-order valence-electron chi connectivity index (χ3n) is 3.25. The van der Waals surface area contributed by atoms with Crippen LogP contribution in [-0.2, 0) is 0 Å². The first-order chi connectivity index (χ1) is 8.66. The van der Waals surface area contributed by atoms with Crippen LogP contribution in [0.3, 0.4) is 0 Å². The molecule has 1 aromatic carbocycles. The topological polar surface area (TPSA) is 35.5 Å². The first kappa shape index (κ1) is 14.1. The third-order valence-corrected chi connectivity index (χ3v) is 3.82. The minimum absolute atomic E-state index is 0.550. The zero-order chi connectivity index (χ0) is 13.0. The van der Waals surface area contributed by atoms with Gasteiger partial charge in [-0.05, 0) is 24.6 Å². The molecule has 2 rings (SSSR count). The van der Waals surface area contributed by atoms with E-state index in [9.17, 15) is 5.11 Å². The predicted octanol–water partition coefficient (Wildman–Crippen LogP) is 2.32. The lowest BCUT2D eigenvalue weighted by Gasteiger charge is -2.28. The second kappa shape index (κ2) is 6.73. The minimum Gasteiger partial charge on any atom is -0.388 e. The highest BCUT2D eigenvalue weighted by atomic mass is 35.5. The highest BCUT2D eigenvalue weighted by Crippen LogP contribution is 2.28. The fourth-order valence-corrected chi connectivity index (χ4v) is 2.59. The van der Waals surface area contributed by atoms with E-state index in [1.54, 1.807) is 18.2 Å². The fraction of sp³-hybridized carbons (Fsp3) is 0.538. The zero-order valence-corrected chi connectivity index (χ0v) is 11.7. The van der Waals surface area contributed by atoms with Gasteiger partial charge in [0.1, 0.15) is 0 Å². The summed E-state index contributed by atoms with van der Waals surface area (Å²) in [4.78, 5) is 2.35. The van der Waals surface area contributed by atoms with Crippen LogP contribution < -0.4 is 5.32 Å². The molecule has 1 fully saturated rings. The predicted molar refractivity (Wildman–Crippen MR) is 75.3 cm³/mol. The molecule has 0 aromatic heterocycles. The third kappa shape index (κ3) is 3.84. The summed E-state index contributed by atoms with van der Waals surface area (Å²) in [6.07, 6.45) is 0.131. The summed E-state index contributed by atoms with van der Waals surface area (Å²) in [5, 5.41) is 14.7. The molecular formula is C13H18Cl2N2O. The lowest BCUT2D eigenvalue weighted by Crippen LogP contribution is -2.44. The van der Waals surface area contributed by atoms with Crippen LogP contribution in [0.5, 0.6) is 0 Å². The van der Waals surface area contributed by atoms with Crippen LogP contribution in [0.4, 0.5) is 0 Å². The van der Waals surface area contributed by atoms with Crippen LogP contribution in [0.2, 0.25) is 10.0 Å². The Bertz CT molecular complexity index is 395. The number of rotatable bonds is 4. The number of aliphatic hydroxyl groups is 1. The van der Waals surface area contributed by atoms with Gasteiger partial charge in [0.15, 0.2) is 0 Å². The monoisotopic (exact) mass is 288 g/mol. The molecule has 5 heteroatoms. The summed E-state index contributed by atoms with van der Waals surface area (Å²) in [6, 6.07) is 5.20. The maximum Gasteiger partial charge on any atom is 0.0817 e. The summed E-state index contributed by atoms with van der Waals surface area (Å²) in [7, 11) is 0. The van der Waals surface area contributed by atoms with Gasteiger partial charge in [0, 0.05) is 48.3 Å². The lowest BCUT2D eigenvalue weighted by molar-refractivity contribution is 0.137. The van der Waals surface area contributed by atoms with E-state index in [1.165, 1.54) is 0 Å². The molecule has 0 saturated carbocycles. The van der Waals surface area contributed by atoms with Crippen molar-refractivity contribution in [1.82, 2.24) is 10.2 Å². The summed E-state index contributed by atoms with van der Waals surface area (Å²) in [5.41, 5.74) is 0.722. The Balaban J connectivity index is 1.90. The normalized spacial score (nSPS) is 18.8. The molecule has 1 aromatic rings. The summed E-state index contributed by atoms with van der Waals surface area (Å²) in [6.45, 7) is 5.00. The first-order valence-electron chi connectivity index (χ1n) is 6.23. The second-order valence-electron chi connectivity index (χ2n) is 4.56. The molecule has 1 saturated heterocycles. The van der Waals surface area contributed by atoms with Crippen LogP contribution in [0.1, 0.15) is 18.1 Å². The fourth-order valence-electron chi connectivity index (χ4n) is 2.17. The number of nitrogens with one attached hydrogen (secondary N) is 1. The van der Waals surface area contributed by atoms with Gasteiger partial charge in [-0.15, -0.1) is 0 Å². The summed E-state index contributed by atoms with van der Waals surface area (Å²) in [5.74, 6) is 0. The molecule has 1 aliphatic heterocycles. The molecule has 0 amide bonds. The van der Waals surface area contributed by atoms with Crippen LogP contribution >= 0.6 is 23.2 Å². The number of nitrogens with zero attached hydrogens (tertiary/aromatic N) is 1. The van der Waals surface area contributed by atoms with Gasteiger partial charge in [0.25, 0.3) is 0 Å². The smallest absolute Gasteiger partial charge is 0.0817 e. The molecule has 18 heavy (non-hydrogen) atoms. The molecule has 0 spiro atoms. The van der Waals surface area contributed by atoms with E-state index in [2.05, 4.69) is 10.2 Å². The van der Waals surface area contributed by atoms with Crippen molar-refractivity contribution in [3.63, 3.8) is 0 Å². The van der Waals surface area contributed by atoms with Crippen molar-refractivity contribution in [3.8, 4) is 0 Å². The van der Waals surface area contributed by atoms with Crippen molar-refractivity contribution in [1.29, 1.82) is 0 Å². The average Bonchev–Trinajstić information content (AvgIpc) is 2.40. The van der Waals surface area contributed by atoms with E-state index >= 15 is 0 Å². The number of halogens is 2. The van der Waals surface area contributed by atoms with E-state index in [1.807, 2.05) is 0 Å². The first-order valence-corrected chi connectivity index (χ1v) is 6.98. The van der Waals surface area contributed by atoms with Gasteiger partial charge < -0.3 is 15.3 Å². The molecule has 1 heterocycles. The molecule has 100 valence electrons. The molecule has 1 unspecified atom stereocenters. The number of piperazine rings is 1. The lowest BCUT2D eigenvalue weighted by atomic mass is 10.1. The molecule has 1 atom stereocenters. The maximum absolute atomic E-state index is 10.2. The van der Waals surface area contributed by atoms with Crippen molar-refractivity contribution >= 4 is 23.2 Å². The van der Waals surface area contributed by atoms with Crippen molar-refractivity contribution in [2.75, 3.05) is 32.7 Å².